The lowest BCUT2D eigenvalue weighted by Crippen LogP contribution is -2.37. The molecule has 1 aliphatic heterocycles. The number of rotatable bonds is 8. The molecule has 9 heteroatoms. The predicted molar refractivity (Wildman–Crippen MR) is 123 cm³/mol. The lowest BCUT2D eigenvalue weighted by molar-refractivity contribution is -0.116. The zero-order valence-corrected chi connectivity index (χ0v) is 18.9. The summed E-state index contributed by atoms with van der Waals surface area (Å²) in [7, 11) is -2.45. The Morgan fingerprint density at radius 3 is 2.36 bits per heavy atom. The van der Waals surface area contributed by atoms with Crippen LogP contribution in [0.25, 0.3) is 0 Å². The molecule has 0 atom stereocenters. The second kappa shape index (κ2) is 9.93. The van der Waals surface area contributed by atoms with Crippen molar-refractivity contribution in [2.75, 3.05) is 32.2 Å². The zero-order valence-electron chi connectivity index (χ0n) is 18.1. The highest BCUT2D eigenvalue weighted by Gasteiger charge is 2.27. The van der Waals surface area contributed by atoms with Crippen LogP contribution in [0.4, 0.5) is 5.69 Å². The highest BCUT2D eigenvalue weighted by Crippen LogP contribution is 2.32. The van der Waals surface area contributed by atoms with Gasteiger partial charge >= 0.3 is 0 Å². The molecule has 1 amide bonds. The number of carbonyl (C=O) groups excluding carboxylic acids is 1. The lowest BCUT2D eigenvalue weighted by Gasteiger charge is -2.23. The summed E-state index contributed by atoms with van der Waals surface area (Å²) in [6, 6.07) is 20.2. The predicted octanol–water partition coefficient (Wildman–Crippen LogP) is 3.30. The highest BCUT2D eigenvalue weighted by atomic mass is 32.2. The Kier molecular flexibility index (Phi) is 6.81. The summed E-state index contributed by atoms with van der Waals surface area (Å²) in [5.41, 5.74) is 1.26. The number of benzene rings is 3. The number of methoxy groups -OCH3 is 1. The number of anilines is 1. The largest absolute Gasteiger partial charge is 0.497 e. The summed E-state index contributed by atoms with van der Waals surface area (Å²) in [6.45, 7) is 0.577. The molecule has 1 N–H and O–H groups in total. The molecular weight excluding hydrogens is 444 g/mol. The molecule has 1 heterocycles. The molecule has 0 unspecified atom stereocenters. The fourth-order valence-corrected chi connectivity index (χ4v) is 4.78. The Hall–Kier alpha value is -3.56. The van der Waals surface area contributed by atoms with E-state index in [9.17, 15) is 13.2 Å². The topological polar surface area (TPSA) is 94.2 Å². The second-order valence-corrected chi connectivity index (χ2v) is 9.28. The van der Waals surface area contributed by atoms with E-state index in [2.05, 4.69) is 5.32 Å². The molecule has 4 rings (SSSR count). The third-order valence-corrected chi connectivity index (χ3v) is 6.85. The molecule has 0 aromatic heterocycles. The van der Waals surface area contributed by atoms with Crippen molar-refractivity contribution in [2.24, 2.45) is 0 Å². The van der Waals surface area contributed by atoms with E-state index in [1.807, 2.05) is 30.3 Å². The summed E-state index contributed by atoms with van der Waals surface area (Å²) in [5, 5.41) is 2.75. The van der Waals surface area contributed by atoms with Crippen molar-refractivity contribution < 1.29 is 27.4 Å². The van der Waals surface area contributed by atoms with Gasteiger partial charge < -0.3 is 19.5 Å². The van der Waals surface area contributed by atoms with Crippen LogP contribution in [-0.2, 0) is 21.4 Å². The standard InChI is InChI=1S/C24H24N2O6S/c1-30-20-8-10-21(11-9-20)33(28,29)26(16-18-5-3-2-4-6-18)17-24(27)25-19-7-12-22-23(15-19)32-14-13-31-22/h2-12,15H,13-14,16-17H2,1H3,(H,25,27). The van der Waals surface area contributed by atoms with Gasteiger partial charge in [0.25, 0.3) is 0 Å². The Morgan fingerprint density at radius 1 is 0.970 bits per heavy atom. The molecule has 8 nitrogen and oxygen atoms in total. The van der Waals surface area contributed by atoms with Gasteiger partial charge in [-0.15, -0.1) is 0 Å². The first-order valence-corrected chi connectivity index (χ1v) is 11.8. The van der Waals surface area contributed by atoms with Crippen LogP contribution >= 0.6 is 0 Å². The molecule has 172 valence electrons. The van der Waals surface area contributed by atoms with Crippen LogP contribution in [0.15, 0.2) is 77.7 Å². The van der Waals surface area contributed by atoms with Crippen LogP contribution in [0.5, 0.6) is 17.2 Å². The van der Waals surface area contributed by atoms with Gasteiger partial charge in [-0.1, -0.05) is 30.3 Å². The first-order chi connectivity index (χ1) is 16.0. The molecule has 0 bridgehead atoms. The Bertz CT molecular complexity index is 1210. The molecule has 33 heavy (non-hydrogen) atoms. The Labute approximate surface area is 192 Å². The minimum Gasteiger partial charge on any atom is -0.497 e. The van der Waals surface area contributed by atoms with Crippen LogP contribution in [0.2, 0.25) is 0 Å². The summed E-state index contributed by atoms with van der Waals surface area (Å²) in [5.74, 6) is 1.21. The molecule has 1 aliphatic rings. The molecule has 0 saturated heterocycles. The van der Waals surface area contributed by atoms with Gasteiger partial charge in [0.2, 0.25) is 15.9 Å². The molecule has 3 aromatic rings. The van der Waals surface area contributed by atoms with Crippen LogP contribution < -0.4 is 19.5 Å². The smallest absolute Gasteiger partial charge is 0.243 e. The number of hydrogen-bond donors (Lipinski definition) is 1. The first kappa shape index (κ1) is 22.6. The van der Waals surface area contributed by atoms with E-state index in [1.54, 1.807) is 30.3 Å². The van der Waals surface area contributed by atoms with Gasteiger partial charge in [-0.05, 0) is 42.0 Å². The van der Waals surface area contributed by atoms with Crippen molar-refractivity contribution in [3.63, 3.8) is 0 Å². The number of amides is 1. The maximum Gasteiger partial charge on any atom is 0.243 e. The molecule has 3 aromatic carbocycles. The van der Waals surface area contributed by atoms with Crippen molar-refractivity contribution in [1.29, 1.82) is 0 Å². The van der Waals surface area contributed by atoms with Gasteiger partial charge in [0.15, 0.2) is 11.5 Å². The molecule has 0 radical (unpaired) electrons. The van der Waals surface area contributed by atoms with Gasteiger partial charge in [0.05, 0.1) is 18.6 Å². The van der Waals surface area contributed by atoms with Gasteiger partial charge in [-0.3, -0.25) is 4.79 Å². The summed E-state index contributed by atoms with van der Waals surface area (Å²) >= 11 is 0. The average Bonchev–Trinajstić information content (AvgIpc) is 2.84. The maximum absolute atomic E-state index is 13.4. The SMILES string of the molecule is COc1ccc(S(=O)(=O)N(CC(=O)Nc2ccc3c(c2)OCCO3)Cc2ccccc2)cc1. The van der Waals surface area contributed by atoms with Gasteiger partial charge in [0, 0.05) is 18.3 Å². The molecule has 0 spiro atoms. The third-order valence-electron chi connectivity index (χ3n) is 5.04. The minimum absolute atomic E-state index is 0.0454. The quantitative estimate of drug-likeness (QED) is 0.545. The third kappa shape index (κ3) is 5.44. The summed E-state index contributed by atoms with van der Waals surface area (Å²) in [6.07, 6.45) is 0. The van der Waals surface area contributed by atoms with E-state index < -0.39 is 15.9 Å². The van der Waals surface area contributed by atoms with Crippen molar-refractivity contribution in [3.8, 4) is 17.2 Å². The number of nitrogens with zero attached hydrogens (tertiary/aromatic N) is 1. The fraction of sp³-hybridized carbons (Fsp3) is 0.208. The van der Waals surface area contributed by atoms with E-state index in [4.69, 9.17) is 14.2 Å². The van der Waals surface area contributed by atoms with Crippen molar-refractivity contribution in [1.82, 2.24) is 4.31 Å². The average molecular weight is 469 g/mol. The molecular formula is C24H24N2O6S. The second-order valence-electron chi connectivity index (χ2n) is 7.34. The van der Waals surface area contributed by atoms with E-state index in [1.165, 1.54) is 19.2 Å². The Balaban J connectivity index is 1.55. The number of sulfonamides is 1. The zero-order chi connectivity index (χ0) is 23.3. The number of carbonyl (C=O) groups is 1. The van der Waals surface area contributed by atoms with Crippen LogP contribution in [0.1, 0.15) is 5.56 Å². The van der Waals surface area contributed by atoms with E-state index in [0.717, 1.165) is 9.87 Å². The van der Waals surface area contributed by atoms with E-state index in [0.29, 0.717) is 36.1 Å². The Morgan fingerprint density at radius 2 is 1.67 bits per heavy atom. The van der Waals surface area contributed by atoms with Crippen molar-refractivity contribution in [3.05, 3.63) is 78.4 Å². The van der Waals surface area contributed by atoms with E-state index >= 15 is 0 Å². The first-order valence-electron chi connectivity index (χ1n) is 10.3. The van der Waals surface area contributed by atoms with Gasteiger partial charge in [-0.2, -0.15) is 4.31 Å². The van der Waals surface area contributed by atoms with Crippen LogP contribution in [0, 0.1) is 0 Å². The number of ether oxygens (including phenoxy) is 3. The number of nitrogens with one attached hydrogen (secondary N) is 1. The van der Waals surface area contributed by atoms with Crippen molar-refractivity contribution in [2.45, 2.75) is 11.4 Å². The maximum atomic E-state index is 13.4. The number of hydrogen-bond acceptors (Lipinski definition) is 6. The summed E-state index contributed by atoms with van der Waals surface area (Å²) in [4.78, 5) is 12.9. The molecule has 0 fully saturated rings. The summed E-state index contributed by atoms with van der Waals surface area (Å²) < 4.78 is 44.1. The van der Waals surface area contributed by atoms with Crippen molar-refractivity contribution >= 4 is 21.6 Å². The normalized spacial score (nSPS) is 12.9. The van der Waals surface area contributed by atoms with Crippen LogP contribution in [0.3, 0.4) is 0 Å². The molecule has 0 aliphatic carbocycles. The van der Waals surface area contributed by atoms with E-state index in [-0.39, 0.29) is 18.0 Å². The van der Waals surface area contributed by atoms with Gasteiger partial charge in [0.1, 0.15) is 19.0 Å². The van der Waals surface area contributed by atoms with Gasteiger partial charge in [-0.25, -0.2) is 8.42 Å². The van der Waals surface area contributed by atoms with Crippen LogP contribution in [-0.4, -0.2) is 45.5 Å². The monoisotopic (exact) mass is 468 g/mol. The number of fused-ring (bicyclic) bond motifs is 1. The fourth-order valence-electron chi connectivity index (χ4n) is 3.39. The lowest BCUT2D eigenvalue weighted by atomic mass is 10.2. The molecule has 0 saturated carbocycles. The minimum atomic E-state index is -3.95. The highest BCUT2D eigenvalue weighted by molar-refractivity contribution is 7.89.